The Kier molecular flexibility index (Phi) is 6.64. The zero-order chi connectivity index (χ0) is 20.8. The van der Waals surface area contributed by atoms with Gasteiger partial charge in [0.1, 0.15) is 0 Å². The summed E-state index contributed by atoms with van der Waals surface area (Å²) < 4.78 is 6.12. The Morgan fingerprint density at radius 2 is 1.76 bits per heavy atom. The second-order valence-electron chi connectivity index (χ2n) is 5.93. The molecule has 1 heterocycles. The topological polar surface area (TPSA) is 90.3 Å². The van der Waals surface area contributed by atoms with E-state index >= 15 is 0 Å². The van der Waals surface area contributed by atoms with Crippen LogP contribution in [-0.2, 0) is 16.1 Å². The molecule has 0 aliphatic carbocycles. The first-order chi connectivity index (χ1) is 13.9. The number of hydrogen-bond donors (Lipinski definition) is 1. The van der Waals surface area contributed by atoms with Crippen LogP contribution in [0.15, 0.2) is 65.5 Å². The lowest BCUT2D eigenvalue weighted by Gasteiger charge is -2.09. The van der Waals surface area contributed by atoms with Crippen LogP contribution in [-0.4, -0.2) is 28.3 Å². The van der Waals surface area contributed by atoms with Gasteiger partial charge < -0.3 is 10.1 Å². The van der Waals surface area contributed by atoms with Crippen LogP contribution >= 0.6 is 23.2 Å². The van der Waals surface area contributed by atoms with Gasteiger partial charge in [-0.25, -0.2) is 9.48 Å². The summed E-state index contributed by atoms with van der Waals surface area (Å²) in [5.74, 6) is -1.43. The van der Waals surface area contributed by atoms with Gasteiger partial charge in [-0.15, -0.1) is 0 Å². The maximum Gasteiger partial charge on any atom is 0.359 e. The zero-order valence-corrected chi connectivity index (χ0v) is 16.5. The van der Waals surface area contributed by atoms with Gasteiger partial charge in [-0.2, -0.15) is 5.10 Å². The van der Waals surface area contributed by atoms with Gasteiger partial charge in [0.05, 0.1) is 22.3 Å². The number of benzene rings is 2. The first-order valence-corrected chi connectivity index (χ1v) is 9.22. The van der Waals surface area contributed by atoms with E-state index in [4.69, 9.17) is 27.9 Å². The number of carbonyl (C=O) groups is 2. The van der Waals surface area contributed by atoms with Gasteiger partial charge in [0.25, 0.3) is 11.5 Å². The third kappa shape index (κ3) is 5.43. The van der Waals surface area contributed by atoms with Gasteiger partial charge in [0.15, 0.2) is 12.3 Å². The van der Waals surface area contributed by atoms with Crippen molar-refractivity contribution in [2.75, 3.05) is 11.9 Å². The van der Waals surface area contributed by atoms with E-state index in [1.165, 1.54) is 12.1 Å². The minimum absolute atomic E-state index is 0.0888. The molecule has 3 rings (SSSR count). The first-order valence-electron chi connectivity index (χ1n) is 8.47. The SMILES string of the molecule is O=C(COC(=O)c1ccc(=O)n(Cc2ccccc2)n1)Nc1cccc(Cl)c1Cl. The molecule has 0 spiro atoms. The normalized spacial score (nSPS) is 10.4. The van der Waals surface area contributed by atoms with Crippen LogP contribution in [0.2, 0.25) is 10.0 Å². The molecule has 0 atom stereocenters. The molecule has 29 heavy (non-hydrogen) atoms. The minimum atomic E-state index is -0.834. The van der Waals surface area contributed by atoms with Crippen LogP contribution in [0.5, 0.6) is 0 Å². The maximum absolute atomic E-state index is 12.2. The molecular formula is C20H15Cl2N3O4. The standard InChI is InChI=1S/C20H15Cl2N3O4/c21-14-7-4-8-15(19(14)22)23-17(26)12-29-20(28)16-9-10-18(27)25(24-16)11-13-5-2-1-3-6-13/h1-10H,11-12H2,(H,23,26). The van der Waals surface area contributed by atoms with Crippen LogP contribution in [0.25, 0.3) is 0 Å². The van der Waals surface area contributed by atoms with Crippen LogP contribution in [0, 0.1) is 0 Å². The highest BCUT2D eigenvalue weighted by Crippen LogP contribution is 2.29. The monoisotopic (exact) mass is 431 g/mol. The quantitative estimate of drug-likeness (QED) is 0.604. The summed E-state index contributed by atoms with van der Waals surface area (Å²) in [5.41, 5.74) is 0.702. The average molecular weight is 432 g/mol. The Bertz CT molecular complexity index is 1100. The second kappa shape index (κ2) is 9.36. The second-order valence-corrected chi connectivity index (χ2v) is 6.71. The van der Waals surface area contributed by atoms with E-state index in [2.05, 4.69) is 10.4 Å². The van der Waals surface area contributed by atoms with Gasteiger partial charge in [-0.05, 0) is 23.8 Å². The lowest BCUT2D eigenvalue weighted by molar-refractivity contribution is -0.119. The highest BCUT2D eigenvalue weighted by Gasteiger charge is 2.15. The van der Waals surface area contributed by atoms with Gasteiger partial charge in [-0.3, -0.25) is 9.59 Å². The van der Waals surface area contributed by atoms with Gasteiger partial charge in [0, 0.05) is 6.07 Å². The van der Waals surface area contributed by atoms with Crippen molar-refractivity contribution in [3.05, 3.63) is 92.3 Å². The molecule has 0 aliphatic rings. The van der Waals surface area contributed by atoms with Crippen molar-refractivity contribution in [3.63, 3.8) is 0 Å². The zero-order valence-electron chi connectivity index (χ0n) is 15.0. The van der Waals surface area contributed by atoms with Crippen molar-refractivity contribution in [1.82, 2.24) is 9.78 Å². The number of halogens is 2. The Balaban J connectivity index is 1.63. The number of hydrogen-bond acceptors (Lipinski definition) is 5. The predicted octanol–water partition coefficient (Wildman–Crippen LogP) is 3.39. The molecule has 1 aromatic heterocycles. The largest absolute Gasteiger partial charge is 0.451 e. The van der Waals surface area contributed by atoms with E-state index < -0.39 is 18.5 Å². The van der Waals surface area contributed by atoms with Crippen LogP contribution in [0.1, 0.15) is 16.1 Å². The lowest BCUT2D eigenvalue weighted by Crippen LogP contribution is -2.26. The van der Waals surface area contributed by atoms with Crippen molar-refractivity contribution < 1.29 is 14.3 Å². The number of carbonyl (C=O) groups excluding carboxylic acids is 2. The third-order valence-electron chi connectivity index (χ3n) is 3.81. The first kappa shape index (κ1) is 20.6. The van der Waals surface area contributed by atoms with Crippen molar-refractivity contribution in [2.45, 2.75) is 6.54 Å². The van der Waals surface area contributed by atoms with Crippen LogP contribution in [0.4, 0.5) is 5.69 Å². The van der Waals surface area contributed by atoms with Gasteiger partial charge in [0.2, 0.25) is 0 Å². The van der Waals surface area contributed by atoms with Crippen molar-refractivity contribution >= 4 is 40.8 Å². The number of aromatic nitrogens is 2. The van der Waals surface area contributed by atoms with Gasteiger partial charge >= 0.3 is 5.97 Å². The number of anilines is 1. The van der Waals surface area contributed by atoms with E-state index in [1.54, 1.807) is 18.2 Å². The molecule has 0 unspecified atom stereocenters. The fraction of sp³-hybridized carbons (Fsp3) is 0.100. The molecule has 3 aromatic rings. The summed E-state index contributed by atoms with van der Waals surface area (Å²) in [4.78, 5) is 36.2. The minimum Gasteiger partial charge on any atom is -0.451 e. The van der Waals surface area contributed by atoms with Gasteiger partial charge in [-0.1, -0.05) is 59.6 Å². The summed E-state index contributed by atoms with van der Waals surface area (Å²) in [5, 5.41) is 6.98. The smallest absolute Gasteiger partial charge is 0.359 e. The summed E-state index contributed by atoms with van der Waals surface area (Å²) in [6.45, 7) is -0.351. The fourth-order valence-electron chi connectivity index (χ4n) is 2.42. The average Bonchev–Trinajstić information content (AvgIpc) is 2.72. The molecular weight excluding hydrogens is 417 g/mol. The molecule has 1 N–H and O–H groups in total. The Morgan fingerprint density at radius 3 is 2.52 bits per heavy atom. The highest BCUT2D eigenvalue weighted by molar-refractivity contribution is 6.44. The van der Waals surface area contributed by atoms with Crippen LogP contribution in [0.3, 0.4) is 0 Å². The summed E-state index contributed by atoms with van der Waals surface area (Å²) in [6.07, 6.45) is 0. The van der Waals surface area contributed by atoms with E-state index in [-0.39, 0.29) is 27.8 Å². The maximum atomic E-state index is 12.2. The number of nitrogens with one attached hydrogen (secondary N) is 1. The molecule has 0 radical (unpaired) electrons. The van der Waals surface area contributed by atoms with Crippen LogP contribution < -0.4 is 10.9 Å². The highest BCUT2D eigenvalue weighted by atomic mass is 35.5. The molecule has 7 nitrogen and oxygen atoms in total. The molecule has 0 fully saturated rings. The summed E-state index contributed by atoms with van der Waals surface area (Å²) in [6, 6.07) is 16.4. The number of rotatable bonds is 6. The van der Waals surface area contributed by atoms with Crippen molar-refractivity contribution in [2.24, 2.45) is 0 Å². The molecule has 0 saturated heterocycles. The van der Waals surface area contributed by atoms with E-state index in [0.29, 0.717) is 5.69 Å². The van der Waals surface area contributed by atoms with E-state index in [1.807, 2.05) is 30.3 Å². The van der Waals surface area contributed by atoms with Crippen molar-refractivity contribution in [1.29, 1.82) is 0 Å². The Labute approximate surface area is 175 Å². The summed E-state index contributed by atoms with van der Waals surface area (Å²) in [7, 11) is 0. The lowest BCUT2D eigenvalue weighted by atomic mass is 10.2. The number of nitrogens with zero attached hydrogens (tertiary/aromatic N) is 2. The predicted molar refractivity (Wildman–Crippen MR) is 109 cm³/mol. The molecule has 0 aliphatic heterocycles. The molecule has 2 aromatic carbocycles. The molecule has 0 saturated carbocycles. The van der Waals surface area contributed by atoms with E-state index in [9.17, 15) is 14.4 Å². The Hall–Kier alpha value is -3.16. The fourth-order valence-corrected chi connectivity index (χ4v) is 2.77. The molecule has 0 bridgehead atoms. The number of ether oxygens (including phenoxy) is 1. The number of esters is 1. The summed E-state index contributed by atoms with van der Waals surface area (Å²) >= 11 is 11.9. The van der Waals surface area contributed by atoms with Crippen molar-refractivity contribution in [3.8, 4) is 0 Å². The van der Waals surface area contributed by atoms with E-state index in [0.717, 1.165) is 10.2 Å². The number of amides is 1. The third-order valence-corrected chi connectivity index (χ3v) is 4.63. The molecule has 148 valence electrons. The molecule has 9 heteroatoms. The Morgan fingerprint density at radius 1 is 1.00 bits per heavy atom. The molecule has 1 amide bonds.